The third-order valence-corrected chi connectivity index (χ3v) is 3.75. The maximum absolute atomic E-state index is 11.8. The van der Waals surface area contributed by atoms with Crippen molar-refractivity contribution >= 4 is 27.7 Å². The van der Waals surface area contributed by atoms with E-state index in [1.54, 1.807) is 4.90 Å². The zero-order valence-electron chi connectivity index (χ0n) is 9.37. The first-order valence-electron chi connectivity index (χ1n) is 5.65. The van der Waals surface area contributed by atoms with Crippen molar-refractivity contribution in [1.29, 1.82) is 0 Å². The Labute approximate surface area is 104 Å². The number of aryl methyl sites for hydroxylation is 1. The zero-order valence-corrected chi connectivity index (χ0v) is 11.0. The highest BCUT2D eigenvalue weighted by atomic mass is 79.9. The van der Waals surface area contributed by atoms with Gasteiger partial charge in [0.25, 0.3) is 0 Å². The van der Waals surface area contributed by atoms with Crippen LogP contribution in [-0.2, 0) is 11.2 Å². The summed E-state index contributed by atoms with van der Waals surface area (Å²) in [5.41, 5.74) is 1.10. The van der Waals surface area contributed by atoms with Crippen molar-refractivity contribution in [2.24, 2.45) is 5.92 Å². The molecule has 0 spiro atoms. The van der Waals surface area contributed by atoms with Crippen LogP contribution in [0.5, 0.6) is 0 Å². The second-order valence-electron chi connectivity index (χ2n) is 4.23. The minimum absolute atomic E-state index is 0.180. The quantitative estimate of drug-likeness (QED) is 0.862. The number of hydrogen-bond acceptors (Lipinski definition) is 2. The summed E-state index contributed by atoms with van der Waals surface area (Å²) in [6, 6.07) is 1.98. The number of rotatable bonds is 4. The Morgan fingerprint density at radius 3 is 3.12 bits per heavy atom. The van der Waals surface area contributed by atoms with Gasteiger partial charge >= 0.3 is 0 Å². The summed E-state index contributed by atoms with van der Waals surface area (Å²) < 4.78 is 0. The molecule has 4 nitrogen and oxygen atoms in total. The van der Waals surface area contributed by atoms with Gasteiger partial charge in [-0.3, -0.25) is 14.8 Å². The minimum Gasteiger partial charge on any atom is -0.295 e. The van der Waals surface area contributed by atoms with Crippen molar-refractivity contribution in [2.75, 3.05) is 16.8 Å². The van der Waals surface area contributed by atoms with Crippen LogP contribution in [0.2, 0.25) is 0 Å². The number of carbonyl (C=O) groups is 1. The molecular weight excluding hydrogens is 270 g/mol. The summed E-state index contributed by atoms with van der Waals surface area (Å²) >= 11 is 3.43. The van der Waals surface area contributed by atoms with Crippen molar-refractivity contribution in [3.05, 3.63) is 11.8 Å². The van der Waals surface area contributed by atoms with Gasteiger partial charge in [0.05, 0.1) is 0 Å². The summed E-state index contributed by atoms with van der Waals surface area (Å²) in [4.78, 5) is 13.5. The Bertz CT molecular complexity index is 377. The van der Waals surface area contributed by atoms with Crippen molar-refractivity contribution in [1.82, 2.24) is 10.2 Å². The molecule has 0 saturated carbocycles. The molecule has 1 fully saturated rings. The maximum Gasteiger partial charge on any atom is 0.228 e. The Hall–Kier alpha value is -0.840. The number of H-pyrrole nitrogens is 1. The predicted octanol–water partition coefficient (Wildman–Crippen LogP) is 2.11. The molecule has 2 rings (SSSR count). The number of alkyl halides is 1. The molecule has 1 aliphatic rings. The normalized spacial score (nSPS) is 20.8. The van der Waals surface area contributed by atoms with E-state index in [1.165, 1.54) is 0 Å². The van der Waals surface area contributed by atoms with E-state index in [1.807, 2.05) is 6.07 Å². The molecule has 0 aromatic carbocycles. The van der Waals surface area contributed by atoms with Crippen LogP contribution < -0.4 is 4.90 Å². The second-order valence-corrected chi connectivity index (χ2v) is 4.88. The van der Waals surface area contributed by atoms with E-state index >= 15 is 0 Å². The summed E-state index contributed by atoms with van der Waals surface area (Å²) in [5.74, 6) is 1.37. The molecule has 0 radical (unpaired) electrons. The van der Waals surface area contributed by atoms with Crippen LogP contribution in [0.1, 0.15) is 25.5 Å². The Kier molecular flexibility index (Phi) is 3.63. The number of aromatic amines is 1. The Balaban J connectivity index is 2.09. The molecule has 2 heterocycles. The topological polar surface area (TPSA) is 49.0 Å². The molecule has 1 amide bonds. The van der Waals surface area contributed by atoms with Crippen LogP contribution in [0, 0.1) is 5.92 Å². The van der Waals surface area contributed by atoms with Crippen molar-refractivity contribution in [2.45, 2.75) is 26.2 Å². The Morgan fingerprint density at radius 2 is 2.50 bits per heavy atom. The minimum atomic E-state index is 0.180. The first-order chi connectivity index (χ1) is 7.74. The first kappa shape index (κ1) is 11.6. The van der Waals surface area contributed by atoms with Crippen LogP contribution in [0.4, 0.5) is 5.82 Å². The van der Waals surface area contributed by atoms with Crippen molar-refractivity contribution < 1.29 is 4.79 Å². The summed E-state index contributed by atoms with van der Waals surface area (Å²) in [6.07, 6.45) is 2.69. The molecule has 16 heavy (non-hydrogen) atoms. The highest BCUT2D eigenvalue weighted by Gasteiger charge is 2.31. The van der Waals surface area contributed by atoms with Gasteiger partial charge in [-0.05, 0) is 12.3 Å². The van der Waals surface area contributed by atoms with Gasteiger partial charge in [-0.1, -0.05) is 29.3 Å². The molecule has 1 aliphatic heterocycles. The van der Waals surface area contributed by atoms with Gasteiger partial charge in [0.1, 0.15) is 0 Å². The van der Waals surface area contributed by atoms with Crippen LogP contribution in [0.15, 0.2) is 6.07 Å². The molecular formula is C11H16BrN3O. The average molecular weight is 286 g/mol. The fourth-order valence-corrected chi connectivity index (χ4v) is 2.43. The van der Waals surface area contributed by atoms with E-state index in [2.05, 4.69) is 33.1 Å². The van der Waals surface area contributed by atoms with E-state index < -0.39 is 0 Å². The van der Waals surface area contributed by atoms with Gasteiger partial charge in [-0.15, -0.1) is 0 Å². The molecule has 1 saturated heterocycles. The number of anilines is 1. The van der Waals surface area contributed by atoms with Gasteiger partial charge in [0, 0.05) is 30.1 Å². The zero-order chi connectivity index (χ0) is 11.5. The largest absolute Gasteiger partial charge is 0.295 e. The van der Waals surface area contributed by atoms with E-state index in [0.29, 0.717) is 12.3 Å². The van der Waals surface area contributed by atoms with Crippen molar-refractivity contribution in [3.8, 4) is 0 Å². The number of amides is 1. The molecule has 0 bridgehead atoms. The number of aromatic nitrogens is 2. The highest BCUT2D eigenvalue weighted by molar-refractivity contribution is 9.09. The second kappa shape index (κ2) is 4.99. The van der Waals surface area contributed by atoms with Gasteiger partial charge < -0.3 is 0 Å². The van der Waals surface area contributed by atoms with E-state index in [9.17, 15) is 4.79 Å². The Morgan fingerprint density at radius 1 is 1.69 bits per heavy atom. The number of carbonyl (C=O) groups excluding carboxylic acids is 1. The third kappa shape index (κ3) is 2.29. The summed E-state index contributed by atoms with van der Waals surface area (Å²) in [7, 11) is 0. The van der Waals surface area contributed by atoms with Gasteiger partial charge in [-0.25, -0.2) is 0 Å². The molecule has 0 aliphatic carbocycles. The SMILES string of the molecule is CCCc1cc(N2CC(CBr)CC2=O)n[nH]1. The maximum atomic E-state index is 11.8. The van der Waals surface area contributed by atoms with E-state index in [0.717, 1.165) is 36.2 Å². The van der Waals surface area contributed by atoms with Crippen LogP contribution in [0.25, 0.3) is 0 Å². The number of hydrogen-bond donors (Lipinski definition) is 1. The molecule has 5 heteroatoms. The summed E-state index contributed by atoms with van der Waals surface area (Å²) in [6.45, 7) is 2.91. The summed E-state index contributed by atoms with van der Waals surface area (Å²) in [5, 5.41) is 8.06. The number of nitrogens with zero attached hydrogens (tertiary/aromatic N) is 2. The third-order valence-electron chi connectivity index (χ3n) is 2.84. The lowest BCUT2D eigenvalue weighted by Crippen LogP contribution is -2.24. The lowest BCUT2D eigenvalue weighted by Gasteiger charge is -2.11. The molecule has 1 unspecified atom stereocenters. The lowest BCUT2D eigenvalue weighted by atomic mass is 10.2. The van der Waals surface area contributed by atoms with Crippen LogP contribution >= 0.6 is 15.9 Å². The number of nitrogens with one attached hydrogen (secondary N) is 1. The lowest BCUT2D eigenvalue weighted by molar-refractivity contribution is -0.117. The first-order valence-corrected chi connectivity index (χ1v) is 6.77. The highest BCUT2D eigenvalue weighted by Crippen LogP contribution is 2.25. The molecule has 88 valence electrons. The number of halogens is 1. The van der Waals surface area contributed by atoms with Gasteiger partial charge in [0.15, 0.2) is 5.82 Å². The van der Waals surface area contributed by atoms with Gasteiger partial charge in [0.2, 0.25) is 5.91 Å². The average Bonchev–Trinajstić information content (AvgIpc) is 2.85. The predicted molar refractivity (Wildman–Crippen MR) is 66.8 cm³/mol. The standard InChI is InChI=1S/C11H16BrN3O/c1-2-3-9-5-10(14-13-9)15-7-8(6-12)4-11(15)16/h5,8H,2-4,6-7H2,1H3,(H,13,14). The van der Waals surface area contributed by atoms with Gasteiger partial charge in [-0.2, -0.15) is 5.10 Å². The van der Waals surface area contributed by atoms with Crippen LogP contribution in [0.3, 0.4) is 0 Å². The molecule has 1 aromatic heterocycles. The fraction of sp³-hybridized carbons (Fsp3) is 0.636. The van der Waals surface area contributed by atoms with Crippen LogP contribution in [-0.4, -0.2) is 28.0 Å². The van der Waals surface area contributed by atoms with Crippen molar-refractivity contribution in [3.63, 3.8) is 0 Å². The van der Waals surface area contributed by atoms with E-state index in [4.69, 9.17) is 0 Å². The monoisotopic (exact) mass is 285 g/mol. The molecule has 1 aromatic rings. The van der Waals surface area contributed by atoms with E-state index in [-0.39, 0.29) is 5.91 Å². The smallest absolute Gasteiger partial charge is 0.228 e. The molecule has 1 atom stereocenters. The fourth-order valence-electron chi connectivity index (χ4n) is 1.99. The molecule has 1 N–H and O–H groups in total.